The van der Waals surface area contributed by atoms with Crippen molar-refractivity contribution in [3.05, 3.63) is 59.8 Å². The molecule has 1 unspecified atom stereocenters. The van der Waals surface area contributed by atoms with Gasteiger partial charge in [-0.25, -0.2) is 4.39 Å². The maximum absolute atomic E-state index is 13.8. The van der Waals surface area contributed by atoms with E-state index in [1.165, 1.54) is 6.07 Å². The monoisotopic (exact) mass is 247 g/mol. The first kappa shape index (κ1) is 12.8. The molecule has 1 aromatic heterocycles. The molecule has 96 valence electrons. The zero-order valence-corrected chi connectivity index (χ0v) is 10.3. The molecule has 0 saturated heterocycles. The van der Waals surface area contributed by atoms with Crippen molar-refractivity contribution < 1.29 is 8.81 Å². The Balaban J connectivity index is 2.06. The minimum atomic E-state index is -0.143. The van der Waals surface area contributed by atoms with Crippen LogP contribution in [0.4, 0.5) is 4.39 Å². The molecule has 0 aliphatic heterocycles. The first-order valence-corrected chi connectivity index (χ1v) is 6.28. The smallest absolute Gasteiger partial charge is 0.126 e. The Morgan fingerprint density at radius 3 is 2.61 bits per heavy atom. The molecular weight excluding hydrogens is 229 g/mol. The van der Waals surface area contributed by atoms with Crippen molar-refractivity contribution in [3.63, 3.8) is 0 Å². The summed E-state index contributed by atoms with van der Waals surface area (Å²) in [5.74, 6) is 0.949. The third kappa shape index (κ3) is 3.20. The molecule has 2 rings (SSSR count). The predicted octanol–water partition coefficient (Wildman–Crippen LogP) is 3.48. The van der Waals surface area contributed by atoms with Crippen molar-refractivity contribution >= 4 is 0 Å². The summed E-state index contributed by atoms with van der Waals surface area (Å²) in [5, 5.41) is 0. The van der Waals surface area contributed by atoms with Crippen LogP contribution in [-0.4, -0.2) is 6.54 Å². The fraction of sp³-hybridized carbons (Fsp3) is 0.333. The molecule has 0 fully saturated rings. The van der Waals surface area contributed by atoms with E-state index in [2.05, 4.69) is 0 Å². The zero-order chi connectivity index (χ0) is 12.8. The Kier molecular flexibility index (Phi) is 4.53. The van der Waals surface area contributed by atoms with Crippen LogP contribution in [0.2, 0.25) is 0 Å². The number of hydrogen-bond acceptors (Lipinski definition) is 2. The normalized spacial score (nSPS) is 12.6. The SMILES string of the molecule is NCCC(CCc1ccco1)c1ccccc1F. The molecular formula is C15H18FNO. The first-order chi connectivity index (χ1) is 8.81. The van der Waals surface area contributed by atoms with E-state index in [1.807, 2.05) is 24.3 Å². The van der Waals surface area contributed by atoms with Gasteiger partial charge in [-0.1, -0.05) is 18.2 Å². The summed E-state index contributed by atoms with van der Waals surface area (Å²) in [6.45, 7) is 0.567. The molecule has 0 amide bonds. The molecule has 0 saturated carbocycles. The minimum absolute atomic E-state index is 0.143. The second kappa shape index (κ2) is 6.36. The quantitative estimate of drug-likeness (QED) is 0.848. The molecule has 1 heterocycles. The van der Waals surface area contributed by atoms with Crippen LogP contribution in [0, 0.1) is 5.82 Å². The van der Waals surface area contributed by atoms with Crippen LogP contribution in [0.15, 0.2) is 47.1 Å². The van der Waals surface area contributed by atoms with Crippen molar-refractivity contribution in [3.8, 4) is 0 Å². The standard InChI is InChI=1S/C15H18FNO/c16-15-6-2-1-5-14(15)12(9-10-17)7-8-13-4-3-11-18-13/h1-6,11-12H,7-10,17H2. The van der Waals surface area contributed by atoms with E-state index in [4.69, 9.17) is 10.2 Å². The number of nitrogens with two attached hydrogens (primary N) is 1. The number of benzene rings is 1. The summed E-state index contributed by atoms with van der Waals surface area (Å²) in [4.78, 5) is 0. The van der Waals surface area contributed by atoms with Crippen molar-refractivity contribution in [2.75, 3.05) is 6.54 Å². The van der Waals surface area contributed by atoms with E-state index in [0.717, 1.165) is 30.6 Å². The third-order valence-corrected chi connectivity index (χ3v) is 3.18. The van der Waals surface area contributed by atoms with Crippen molar-refractivity contribution in [2.24, 2.45) is 5.73 Å². The van der Waals surface area contributed by atoms with Gasteiger partial charge in [-0.05, 0) is 49.1 Å². The molecule has 0 aliphatic carbocycles. The molecule has 3 heteroatoms. The summed E-state index contributed by atoms with van der Waals surface area (Å²) in [7, 11) is 0. The molecule has 2 N–H and O–H groups in total. The van der Waals surface area contributed by atoms with Gasteiger partial charge in [-0.3, -0.25) is 0 Å². The lowest BCUT2D eigenvalue weighted by Crippen LogP contribution is -2.10. The maximum atomic E-state index is 13.8. The summed E-state index contributed by atoms with van der Waals surface area (Å²) >= 11 is 0. The highest BCUT2D eigenvalue weighted by atomic mass is 19.1. The van der Waals surface area contributed by atoms with Gasteiger partial charge in [0, 0.05) is 6.42 Å². The van der Waals surface area contributed by atoms with Gasteiger partial charge in [-0.15, -0.1) is 0 Å². The van der Waals surface area contributed by atoms with E-state index >= 15 is 0 Å². The topological polar surface area (TPSA) is 39.2 Å². The molecule has 1 atom stereocenters. The van der Waals surface area contributed by atoms with Crippen molar-refractivity contribution in [1.29, 1.82) is 0 Å². The fourth-order valence-electron chi connectivity index (χ4n) is 2.23. The van der Waals surface area contributed by atoms with Crippen LogP contribution in [0.25, 0.3) is 0 Å². The fourth-order valence-corrected chi connectivity index (χ4v) is 2.23. The Bertz CT molecular complexity index is 467. The number of rotatable bonds is 6. The van der Waals surface area contributed by atoms with Crippen molar-refractivity contribution in [1.82, 2.24) is 0 Å². The highest BCUT2D eigenvalue weighted by molar-refractivity contribution is 5.22. The van der Waals surface area contributed by atoms with Gasteiger partial charge in [0.1, 0.15) is 11.6 Å². The Morgan fingerprint density at radius 1 is 1.11 bits per heavy atom. The van der Waals surface area contributed by atoms with Gasteiger partial charge in [-0.2, -0.15) is 0 Å². The van der Waals surface area contributed by atoms with Gasteiger partial charge in [0.25, 0.3) is 0 Å². The van der Waals surface area contributed by atoms with E-state index in [9.17, 15) is 4.39 Å². The van der Waals surface area contributed by atoms with Gasteiger partial charge >= 0.3 is 0 Å². The number of furan rings is 1. The van der Waals surface area contributed by atoms with Gasteiger partial charge < -0.3 is 10.2 Å². The van der Waals surface area contributed by atoms with Gasteiger partial charge in [0.2, 0.25) is 0 Å². The lowest BCUT2D eigenvalue weighted by atomic mass is 9.90. The average molecular weight is 247 g/mol. The zero-order valence-electron chi connectivity index (χ0n) is 10.3. The van der Waals surface area contributed by atoms with Gasteiger partial charge in [0.15, 0.2) is 0 Å². The Hall–Kier alpha value is -1.61. The third-order valence-electron chi connectivity index (χ3n) is 3.18. The summed E-state index contributed by atoms with van der Waals surface area (Å²) in [6, 6.07) is 10.8. The highest BCUT2D eigenvalue weighted by Crippen LogP contribution is 2.27. The second-order valence-electron chi connectivity index (χ2n) is 4.41. The lowest BCUT2D eigenvalue weighted by molar-refractivity contribution is 0.471. The lowest BCUT2D eigenvalue weighted by Gasteiger charge is -2.16. The van der Waals surface area contributed by atoms with E-state index in [1.54, 1.807) is 12.3 Å². The van der Waals surface area contributed by atoms with Gasteiger partial charge in [0.05, 0.1) is 6.26 Å². The molecule has 2 nitrogen and oxygen atoms in total. The van der Waals surface area contributed by atoms with Crippen LogP contribution >= 0.6 is 0 Å². The number of hydrogen-bond donors (Lipinski definition) is 1. The molecule has 0 spiro atoms. The molecule has 18 heavy (non-hydrogen) atoms. The van der Waals surface area contributed by atoms with Crippen LogP contribution in [-0.2, 0) is 6.42 Å². The summed E-state index contributed by atoms with van der Waals surface area (Å²) < 4.78 is 19.1. The highest BCUT2D eigenvalue weighted by Gasteiger charge is 2.15. The summed E-state index contributed by atoms with van der Waals surface area (Å²) in [5.41, 5.74) is 6.38. The van der Waals surface area contributed by atoms with E-state index in [0.29, 0.717) is 6.54 Å². The van der Waals surface area contributed by atoms with E-state index in [-0.39, 0.29) is 11.7 Å². The van der Waals surface area contributed by atoms with E-state index < -0.39 is 0 Å². The molecule has 1 aromatic carbocycles. The molecule has 0 radical (unpaired) electrons. The van der Waals surface area contributed by atoms with Crippen LogP contribution in [0.1, 0.15) is 30.1 Å². The second-order valence-corrected chi connectivity index (χ2v) is 4.41. The summed E-state index contributed by atoms with van der Waals surface area (Å²) in [6.07, 6.45) is 4.12. The number of halogens is 1. The van der Waals surface area contributed by atoms with Crippen LogP contribution < -0.4 is 5.73 Å². The Morgan fingerprint density at radius 2 is 1.94 bits per heavy atom. The van der Waals surface area contributed by atoms with Crippen LogP contribution in [0.5, 0.6) is 0 Å². The maximum Gasteiger partial charge on any atom is 0.126 e. The Labute approximate surface area is 107 Å². The largest absolute Gasteiger partial charge is 0.469 e. The van der Waals surface area contributed by atoms with Crippen molar-refractivity contribution in [2.45, 2.75) is 25.2 Å². The molecule has 0 bridgehead atoms. The van der Waals surface area contributed by atoms with Crippen LogP contribution in [0.3, 0.4) is 0 Å². The average Bonchev–Trinajstić information content (AvgIpc) is 2.88. The predicted molar refractivity (Wildman–Crippen MR) is 69.8 cm³/mol. The number of aryl methyl sites for hydroxylation is 1. The molecule has 2 aromatic rings. The minimum Gasteiger partial charge on any atom is -0.469 e. The molecule has 0 aliphatic rings. The first-order valence-electron chi connectivity index (χ1n) is 6.28.